The number of nitrogens with zero attached hydrogens (tertiary/aromatic N) is 1. The van der Waals surface area contributed by atoms with E-state index in [0.29, 0.717) is 0 Å². The first-order valence-corrected chi connectivity index (χ1v) is 4.90. The molecule has 0 unspecified atom stereocenters. The van der Waals surface area contributed by atoms with Gasteiger partial charge in [0.15, 0.2) is 5.78 Å². The predicted molar refractivity (Wildman–Crippen MR) is 55.2 cm³/mol. The van der Waals surface area contributed by atoms with Gasteiger partial charge in [0.05, 0.1) is 5.88 Å². The van der Waals surface area contributed by atoms with Crippen molar-refractivity contribution in [3.8, 4) is 0 Å². The third kappa shape index (κ3) is 4.92. The van der Waals surface area contributed by atoms with Crippen LogP contribution < -0.4 is 0 Å². The predicted octanol–water partition coefficient (Wildman–Crippen LogP) is 3.06. The summed E-state index contributed by atoms with van der Waals surface area (Å²) in [5.74, 6) is -1.21. The van der Waals surface area contributed by atoms with E-state index in [-0.39, 0.29) is 17.4 Å². The quantitative estimate of drug-likeness (QED) is 0.433. The van der Waals surface area contributed by atoms with Gasteiger partial charge >= 0.3 is 0 Å². The van der Waals surface area contributed by atoms with Crippen molar-refractivity contribution >= 4 is 17.4 Å². The lowest BCUT2D eigenvalue weighted by atomic mass is 10.3. The van der Waals surface area contributed by atoms with Crippen LogP contribution in [0.25, 0.3) is 0 Å². The number of Topliss-reactive ketones (excluding diaryl/α,β-unsaturated/α-hetero) is 1. The normalized spacial score (nSPS) is 8.86. The second kappa shape index (κ2) is 7.44. The van der Waals surface area contributed by atoms with Crippen molar-refractivity contribution in [3.63, 3.8) is 0 Å². The minimum atomic E-state index is -0.666. The smallest absolute Gasteiger partial charge is 0.213 e. The maximum atomic E-state index is 12.4. The van der Waals surface area contributed by atoms with Crippen molar-refractivity contribution in [2.45, 2.75) is 20.3 Å². The molecule has 0 fully saturated rings. The molecule has 4 heteroatoms. The minimum absolute atomic E-state index is 0.0694. The van der Waals surface area contributed by atoms with Gasteiger partial charge in [-0.15, -0.1) is 11.6 Å². The summed E-state index contributed by atoms with van der Waals surface area (Å²) in [6.45, 7) is 4.25. The Kier molecular flexibility index (Phi) is 6.93. The van der Waals surface area contributed by atoms with E-state index in [2.05, 4.69) is 18.8 Å². The molecule has 0 bridgehead atoms. The number of carbonyl (C=O) groups excluding carboxylic acids is 1. The highest BCUT2D eigenvalue weighted by Gasteiger charge is 2.05. The van der Waals surface area contributed by atoms with Crippen LogP contribution >= 0.6 is 11.6 Å². The van der Waals surface area contributed by atoms with E-state index < -0.39 is 5.95 Å². The molecule has 0 aliphatic carbocycles. The number of ketones is 1. The van der Waals surface area contributed by atoms with Crippen LogP contribution in [0.15, 0.2) is 18.2 Å². The first-order chi connectivity index (χ1) is 6.65. The Morgan fingerprint density at radius 3 is 2.50 bits per heavy atom. The second-order valence-corrected chi connectivity index (χ2v) is 2.88. The van der Waals surface area contributed by atoms with Crippen LogP contribution in [0, 0.1) is 5.95 Å². The number of hydrogen-bond acceptors (Lipinski definition) is 2. The second-order valence-electron chi connectivity index (χ2n) is 2.61. The fourth-order valence-corrected chi connectivity index (χ4v) is 0.769. The molecular weight excluding hydrogens is 205 g/mol. The Morgan fingerprint density at radius 1 is 1.50 bits per heavy atom. The van der Waals surface area contributed by atoms with Crippen molar-refractivity contribution < 1.29 is 9.18 Å². The number of alkyl halides is 1. The number of hydrogen-bond donors (Lipinski definition) is 0. The molecule has 2 nitrogen and oxygen atoms in total. The molecule has 1 heterocycles. The van der Waals surface area contributed by atoms with Crippen molar-refractivity contribution in [2.24, 2.45) is 0 Å². The van der Waals surface area contributed by atoms with E-state index in [1.807, 2.05) is 0 Å². The molecule has 0 saturated carbocycles. The zero-order valence-electron chi connectivity index (χ0n) is 8.26. The van der Waals surface area contributed by atoms with E-state index in [0.717, 1.165) is 0 Å². The lowest BCUT2D eigenvalue weighted by Crippen LogP contribution is -2.03. The van der Waals surface area contributed by atoms with Gasteiger partial charge in [-0.2, -0.15) is 4.39 Å². The van der Waals surface area contributed by atoms with Gasteiger partial charge in [-0.3, -0.25) is 4.79 Å². The van der Waals surface area contributed by atoms with Crippen LogP contribution in [0.2, 0.25) is 0 Å². The van der Waals surface area contributed by atoms with Gasteiger partial charge in [0.25, 0.3) is 0 Å². The Morgan fingerprint density at radius 2 is 2.07 bits per heavy atom. The van der Waals surface area contributed by atoms with Gasteiger partial charge in [0, 0.05) is 0 Å². The molecular formula is C10H13ClFNO. The molecule has 0 saturated heterocycles. The first kappa shape index (κ1) is 13.0. The van der Waals surface area contributed by atoms with Gasteiger partial charge in [-0.1, -0.05) is 26.3 Å². The molecule has 0 atom stereocenters. The first-order valence-electron chi connectivity index (χ1n) is 4.37. The SMILES string of the molecule is CCC.O=C(CCl)c1cccc(F)n1. The fraction of sp³-hybridized carbons (Fsp3) is 0.400. The maximum absolute atomic E-state index is 12.4. The van der Waals surface area contributed by atoms with Gasteiger partial charge in [0.1, 0.15) is 5.69 Å². The monoisotopic (exact) mass is 217 g/mol. The molecule has 0 spiro atoms. The topological polar surface area (TPSA) is 30.0 Å². The van der Waals surface area contributed by atoms with Gasteiger partial charge < -0.3 is 0 Å². The van der Waals surface area contributed by atoms with Crippen LogP contribution in [0.1, 0.15) is 30.8 Å². The summed E-state index contributed by atoms with van der Waals surface area (Å²) < 4.78 is 12.4. The fourth-order valence-electron chi connectivity index (χ4n) is 0.632. The molecule has 0 aliphatic heterocycles. The Hall–Kier alpha value is -0.960. The van der Waals surface area contributed by atoms with E-state index in [1.54, 1.807) is 0 Å². The zero-order chi connectivity index (χ0) is 11.0. The van der Waals surface area contributed by atoms with Crippen molar-refractivity contribution in [1.82, 2.24) is 4.98 Å². The Balaban J connectivity index is 0.000000500. The average Bonchev–Trinajstić information content (AvgIpc) is 2.18. The van der Waals surface area contributed by atoms with Gasteiger partial charge in [0.2, 0.25) is 5.95 Å². The third-order valence-electron chi connectivity index (χ3n) is 1.12. The summed E-state index contributed by atoms with van der Waals surface area (Å²) in [6.07, 6.45) is 1.25. The van der Waals surface area contributed by atoms with Gasteiger partial charge in [-0.25, -0.2) is 4.98 Å². The number of aromatic nitrogens is 1. The highest BCUT2D eigenvalue weighted by Crippen LogP contribution is 1.99. The summed E-state index contributed by atoms with van der Waals surface area (Å²) in [5.41, 5.74) is 0.0694. The largest absolute Gasteiger partial charge is 0.291 e. The summed E-state index contributed by atoms with van der Waals surface area (Å²) >= 11 is 5.23. The number of halogens is 2. The number of rotatable bonds is 2. The van der Waals surface area contributed by atoms with Gasteiger partial charge in [-0.05, 0) is 12.1 Å². The highest BCUT2D eigenvalue weighted by molar-refractivity contribution is 6.30. The molecule has 1 aromatic rings. The summed E-state index contributed by atoms with van der Waals surface area (Å²) in [7, 11) is 0. The molecule has 14 heavy (non-hydrogen) atoms. The number of pyridine rings is 1. The van der Waals surface area contributed by atoms with E-state index in [4.69, 9.17) is 11.6 Å². The Bertz CT molecular complexity index is 291. The molecule has 0 N–H and O–H groups in total. The summed E-state index contributed by atoms with van der Waals surface area (Å²) in [4.78, 5) is 14.1. The highest BCUT2D eigenvalue weighted by atomic mass is 35.5. The van der Waals surface area contributed by atoms with E-state index in [9.17, 15) is 9.18 Å². The molecule has 0 radical (unpaired) electrons. The third-order valence-corrected chi connectivity index (χ3v) is 1.36. The van der Waals surface area contributed by atoms with E-state index >= 15 is 0 Å². The van der Waals surface area contributed by atoms with Crippen LogP contribution in [0.3, 0.4) is 0 Å². The average molecular weight is 218 g/mol. The molecule has 0 aromatic carbocycles. The van der Waals surface area contributed by atoms with Crippen molar-refractivity contribution in [1.29, 1.82) is 0 Å². The maximum Gasteiger partial charge on any atom is 0.213 e. The zero-order valence-corrected chi connectivity index (χ0v) is 9.01. The molecule has 0 aliphatic rings. The lowest BCUT2D eigenvalue weighted by molar-refractivity contribution is 0.101. The lowest BCUT2D eigenvalue weighted by Gasteiger charge is -1.93. The number of carbonyl (C=O) groups is 1. The van der Waals surface area contributed by atoms with Crippen LogP contribution in [-0.4, -0.2) is 16.6 Å². The van der Waals surface area contributed by atoms with E-state index in [1.165, 1.54) is 24.6 Å². The van der Waals surface area contributed by atoms with Crippen molar-refractivity contribution in [3.05, 3.63) is 29.8 Å². The molecule has 1 aromatic heterocycles. The molecule has 0 amide bonds. The molecule has 1 rings (SSSR count). The minimum Gasteiger partial charge on any atom is -0.291 e. The van der Waals surface area contributed by atoms with Crippen LogP contribution in [0.5, 0.6) is 0 Å². The standard InChI is InChI=1S/C7H5ClFNO.C3H8/c8-4-6(11)5-2-1-3-7(9)10-5;1-3-2/h1-3H,4H2;3H2,1-2H3. The van der Waals surface area contributed by atoms with Crippen LogP contribution in [-0.2, 0) is 0 Å². The van der Waals surface area contributed by atoms with Crippen molar-refractivity contribution in [2.75, 3.05) is 5.88 Å². The van der Waals surface area contributed by atoms with Crippen LogP contribution in [0.4, 0.5) is 4.39 Å². The summed E-state index contributed by atoms with van der Waals surface area (Å²) in [6, 6.07) is 4.01. The summed E-state index contributed by atoms with van der Waals surface area (Å²) in [5, 5.41) is 0. The molecule has 78 valence electrons. The Labute approximate surface area is 88.1 Å².